The van der Waals surface area contributed by atoms with Crippen LogP contribution in [0.15, 0.2) is 0 Å². The molecule has 5 heteroatoms. The molecule has 54 heavy (non-hydrogen) atoms. The van der Waals surface area contributed by atoms with Crippen LogP contribution in [-0.4, -0.2) is 46.1 Å². The molecule has 0 aliphatic heterocycles. The molecule has 0 spiro atoms. The maximum Gasteiger partial charge on any atom is 0.222 e. The molecule has 0 saturated heterocycles. The predicted octanol–water partition coefficient (Wildman–Crippen LogP) is 14.6. The molecule has 3 atom stereocenters. The van der Waals surface area contributed by atoms with Gasteiger partial charge in [0.25, 0.3) is 0 Å². The van der Waals surface area contributed by atoms with Gasteiger partial charge >= 0.3 is 0 Å². The first-order chi connectivity index (χ1) is 26.5. The molecule has 0 radical (unpaired) electrons. The van der Waals surface area contributed by atoms with Gasteiger partial charge in [-0.1, -0.05) is 264 Å². The fourth-order valence-electron chi connectivity index (χ4n) is 8.11. The number of carbonyl (C=O) groups is 1. The monoisotopic (exact) mass is 766 g/mol. The van der Waals surface area contributed by atoms with E-state index >= 15 is 0 Å². The Morgan fingerprint density at radius 3 is 0.889 bits per heavy atom. The van der Waals surface area contributed by atoms with Gasteiger partial charge in [0.05, 0.1) is 31.3 Å². The summed E-state index contributed by atoms with van der Waals surface area (Å²) in [7, 11) is 0. The van der Waals surface area contributed by atoms with Crippen LogP contribution < -0.4 is 5.32 Å². The first-order valence-corrected chi connectivity index (χ1v) is 24.8. The van der Waals surface area contributed by atoms with E-state index in [1.807, 2.05) is 0 Å². The van der Waals surface area contributed by atoms with Gasteiger partial charge in [-0.3, -0.25) is 4.79 Å². The van der Waals surface area contributed by atoms with Gasteiger partial charge in [-0.05, 0) is 12.8 Å². The van der Waals surface area contributed by atoms with Crippen LogP contribution in [-0.2, 0) is 4.79 Å². The zero-order chi connectivity index (χ0) is 39.4. The van der Waals surface area contributed by atoms with Crippen LogP contribution in [0.2, 0.25) is 0 Å². The fourth-order valence-corrected chi connectivity index (χ4v) is 8.11. The maximum atomic E-state index is 12.4. The highest BCUT2D eigenvalue weighted by atomic mass is 16.3. The standard InChI is InChI=1S/C49H99NO4/c1-3-5-7-9-11-13-15-16-17-18-19-20-21-22-23-24-25-26-27-28-29-30-31-32-33-34-36-38-40-42-46(52)44-49(54)50-47(45-51)48(53)43-41-39-37-35-14-12-10-8-6-4-2/h46-48,51-53H,3-45H2,1-2H3,(H,50,54). The van der Waals surface area contributed by atoms with Gasteiger partial charge in [-0.2, -0.15) is 0 Å². The lowest BCUT2D eigenvalue weighted by atomic mass is 10.0. The minimum Gasteiger partial charge on any atom is -0.394 e. The molecule has 0 saturated carbocycles. The summed E-state index contributed by atoms with van der Waals surface area (Å²) in [6.07, 6.45) is 52.5. The molecule has 5 nitrogen and oxygen atoms in total. The molecule has 0 bridgehead atoms. The molecule has 0 aromatic heterocycles. The summed E-state index contributed by atoms with van der Waals surface area (Å²) in [4.78, 5) is 12.4. The molecule has 1 amide bonds. The van der Waals surface area contributed by atoms with Gasteiger partial charge in [0.2, 0.25) is 5.91 Å². The van der Waals surface area contributed by atoms with E-state index < -0.39 is 18.2 Å². The Bertz CT molecular complexity index is 718. The van der Waals surface area contributed by atoms with Crippen LogP contribution in [0, 0.1) is 0 Å². The van der Waals surface area contributed by atoms with Crippen LogP contribution in [0.25, 0.3) is 0 Å². The zero-order valence-electron chi connectivity index (χ0n) is 36.9. The summed E-state index contributed by atoms with van der Waals surface area (Å²) >= 11 is 0. The number of unbranched alkanes of at least 4 members (excludes halogenated alkanes) is 37. The lowest BCUT2D eigenvalue weighted by molar-refractivity contribution is -0.125. The van der Waals surface area contributed by atoms with Crippen molar-refractivity contribution in [3.63, 3.8) is 0 Å². The SMILES string of the molecule is CCCCCCCCCCCCCCCCCCCCCCCCCCCCCCCC(O)CC(=O)NC(CO)C(O)CCCCCCCCCCCC. The fraction of sp³-hybridized carbons (Fsp3) is 0.980. The average Bonchev–Trinajstić information content (AvgIpc) is 3.16. The van der Waals surface area contributed by atoms with Crippen molar-refractivity contribution in [2.24, 2.45) is 0 Å². The first kappa shape index (κ1) is 53.4. The normalized spacial score (nSPS) is 13.4. The largest absolute Gasteiger partial charge is 0.394 e. The van der Waals surface area contributed by atoms with Crippen molar-refractivity contribution in [2.75, 3.05) is 6.61 Å². The molecule has 0 heterocycles. The molecule has 0 aromatic carbocycles. The molecule has 3 unspecified atom stereocenters. The Hall–Kier alpha value is -0.650. The van der Waals surface area contributed by atoms with Gasteiger partial charge in [0.15, 0.2) is 0 Å². The lowest BCUT2D eigenvalue weighted by Crippen LogP contribution is -2.46. The first-order valence-electron chi connectivity index (χ1n) is 24.8. The smallest absolute Gasteiger partial charge is 0.222 e. The topological polar surface area (TPSA) is 89.8 Å². The number of hydrogen-bond acceptors (Lipinski definition) is 4. The predicted molar refractivity (Wildman–Crippen MR) is 236 cm³/mol. The van der Waals surface area contributed by atoms with E-state index in [0.29, 0.717) is 12.8 Å². The number of hydrogen-bond donors (Lipinski definition) is 4. The van der Waals surface area contributed by atoms with Crippen molar-refractivity contribution in [1.29, 1.82) is 0 Å². The van der Waals surface area contributed by atoms with Crippen LogP contribution >= 0.6 is 0 Å². The van der Waals surface area contributed by atoms with Crippen molar-refractivity contribution in [1.82, 2.24) is 5.32 Å². The van der Waals surface area contributed by atoms with Crippen molar-refractivity contribution in [2.45, 2.75) is 302 Å². The maximum absolute atomic E-state index is 12.4. The third kappa shape index (κ3) is 41.0. The Morgan fingerprint density at radius 1 is 0.389 bits per heavy atom. The van der Waals surface area contributed by atoms with E-state index in [9.17, 15) is 20.1 Å². The highest BCUT2D eigenvalue weighted by Crippen LogP contribution is 2.18. The zero-order valence-corrected chi connectivity index (χ0v) is 36.9. The average molecular weight is 766 g/mol. The molecule has 0 rings (SSSR count). The van der Waals surface area contributed by atoms with E-state index in [4.69, 9.17) is 0 Å². The number of carbonyl (C=O) groups excluding carboxylic acids is 1. The van der Waals surface area contributed by atoms with Gasteiger partial charge in [0.1, 0.15) is 0 Å². The minimum absolute atomic E-state index is 0.0427. The number of aliphatic hydroxyl groups excluding tert-OH is 3. The third-order valence-electron chi connectivity index (χ3n) is 11.9. The molecular weight excluding hydrogens is 667 g/mol. The van der Waals surface area contributed by atoms with Crippen molar-refractivity contribution >= 4 is 5.91 Å². The third-order valence-corrected chi connectivity index (χ3v) is 11.9. The van der Waals surface area contributed by atoms with Crippen molar-refractivity contribution in [3.05, 3.63) is 0 Å². The lowest BCUT2D eigenvalue weighted by Gasteiger charge is -2.23. The second-order valence-electron chi connectivity index (χ2n) is 17.4. The summed E-state index contributed by atoms with van der Waals surface area (Å²) in [6.45, 7) is 4.27. The molecule has 4 N–H and O–H groups in total. The van der Waals surface area contributed by atoms with Crippen molar-refractivity contribution in [3.8, 4) is 0 Å². The highest BCUT2D eigenvalue weighted by Gasteiger charge is 2.21. The van der Waals surface area contributed by atoms with Gasteiger partial charge < -0.3 is 20.6 Å². The Labute approximate surface area is 338 Å². The van der Waals surface area contributed by atoms with Crippen LogP contribution in [0.3, 0.4) is 0 Å². The quantitative estimate of drug-likeness (QED) is 0.0465. The molecule has 0 aromatic rings. The second kappa shape index (κ2) is 45.1. The summed E-state index contributed by atoms with van der Waals surface area (Å²) in [5.41, 5.74) is 0. The second-order valence-corrected chi connectivity index (χ2v) is 17.4. The highest BCUT2D eigenvalue weighted by molar-refractivity contribution is 5.76. The summed E-state index contributed by atoms with van der Waals surface area (Å²) < 4.78 is 0. The van der Waals surface area contributed by atoms with E-state index in [1.54, 1.807) is 0 Å². The Morgan fingerprint density at radius 2 is 0.630 bits per heavy atom. The molecule has 324 valence electrons. The van der Waals surface area contributed by atoms with Gasteiger partial charge in [0, 0.05) is 0 Å². The van der Waals surface area contributed by atoms with E-state index in [2.05, 4.69) is 19.2 Å². The Balaban J connectivity index is 3.43. The van der Waals surface area contributed by atoms with E-state index in [0.717, 1.165) is 25.7 Å². The molecule has 0 fully saturated rings. The number of aliphatic hydroxyl groups is 3. The number of nitrogens with one attached hydrogen (secondary N) is 1. The number of rotatable bonds is 46. The summed E-state index contributed by atoms with van der Waals surface area (Å²) in [5.74, 6) is -0.279. The van der Waals surface area contributed by atoms with Crippen molar-refractivity contribution < 1.29 is 20.1 Å². The van der Waals surface area contributed by atoms with Gasteiger partial charge in [-0.15, -0.1) is 0 Å². The van der Waals surface area contributed by atoms with Crippen LogP contribution in [0.1, 0.15) is 284 Å². The summed E-state index contributed by atoms with van der Waals surface area (Å²) in [5, 5.41) is 33.3. The molecule has 0 aliphatic rings. The van der Waals surface area contributed by atoms with Crippen LogP contribution in [0.4, 0.5) is 0 Å². The minimum atomic E-state index is -0.742. The number of amides is 1. The van der Waals surface area contributed by atoms with Crippen LogP contribution in [0.5, 0.6) is 0 Å². The summed E-state index contributed by atoms with van der Waals surface area (Å²) in [6, 6.07) is -0.651. The molecular formula is C49H99NO4. The Kier molecular flexibility index (Phi) is 44.5. The molecule has 0 aliphatic carbocycles. The van der Waals surface area contributed by atoms with E-state index in [-0.39, 0.29) is 18.9 Å². The van der Waals surface area contributed by atoms with Gasteiger partial charge in [-0.25, -0.2) is 0 Å². The van der Waals surface area contributed by atoms with E-state index in [1.165, 1.54) is 225 Å².